The molecule has 3 rings (SSSR count). The predicted molar refractivity (Wildman–Crippen MR) is 86.0 cm³/mol. The zero-order valence-electron chi connectivity index (χ0n) is 12.5. The Hall–Kier alpha value is -1.79. The summed E-state index contributed by atoms with van der Waals surface area (Å²) in [5.41, 5.74) is 1.66. The molecule has 0 radical (unpaired) electrons. The summed E-state index contributed by atoms with van der Waals surface area (Å²) >= 11 is 1.61. The van der Waals surface area contributed by atoms with E-state index in [0.29, 0.717) is 12.2 Å². The second kappa shape index (κ2) is 6.98. The van der Waals surface area contributed by atoms with Gasteiger partial charge in [-0.1, -0.05) is 30.4 Å². The molecule has 5 nitrogen and oxygen atoms in total. The van der Waals surface area contributed by atoms with Crippen LogP contribution < -0.4 is 5.32 Å². The normalized spacial score (nSPS) is 17.6. The Labute approximate surface area is 133 Å². The van der Waals surface area contributed by atoms with E-state index in [2.05, 4.69) is 22.4 Å². The van der Waals surface area contributed by atoms with Crippen molar-refractivity contribution in [3.8, 4) is 10.6 Å². The average molecular weight is 317 g/mol. The Morgan fingerprint density at radius 3 is 2.86 bits per heavy atom. The fraction of sp³-hybridized carbons (Fsp3) is 0.438. The molecule has 1 saturated heterocycles. The van der Waals surface area contributed by atoms with E-state index in [9.17, 15) is 4.79 Å². The van der Waals surface area contributed by atoms with Crippen LogP contribution in [0.1, 0.15) is 35.1 Å². The molecule has 22 heavy (non-hydrogen) atoms. The van der Waals surface area contributed by atoms with Crippen LogP contribution in [-0.4, -0.2) is 35.4 Å². The number of carbonyl (C=O) groups excluding carboxylic acids is 1. The number of aromatic nitrogens is 2. The van der Waals surface area contributed by atoms with Crippen LogP contribution in [0.25, 0.3) is 10.6 Å². The predicted octanol–water partition coefficient (Wildman–Crippen LogP) is 2.68. The van der Waals surface area contributed by atoms with Crippen LogP contribution in [0.3, 0.4) is 0 Å². The summed E-state index contributed by atoms with van der Waals surface area (Å²) in [7, 11) is 0. The van der Waals surface area contributed by atoms with Gasteiger partial charge >= 0.3 is 0 Å². The van der Waals surface area contributed by atoms with Crippen LogP contribution in [0.5, 0.6) is 0 Å². The molecule has 1 unspecified atom stereocenters. The first-order valence-electron chi connectivity index (χ1n) is 7.57. The monoisotopic (exact) mass is 317 g/mol. The van der Waals surface area contributed by atoms with Gasteiger partial charge in [-0.25, -0.2) is 0 Å². The Kier molecular flexibility index (Phi) is 4.80. The number of amides is 1. The highest BCUT2D eigenvalue weighted by Crippen LogP contribution is 2.24. The summed E-state index contributed by atoms with van der Waals surface area (Å²) in [6.45, 7) is 3.46. The van der Waals surface area contributed by atoms with Gasteiger partial charge in [0.05, 0.1) is 12.6 Å². The van der Waals surface area contributed by atoms with Gasteiger partial charge in [0.15, 0.2) is 0 Å². The van der Waals surface area contributed by atoms with E-state index < -0.39 is 0 Å². The SMILES string of the molecule is CCCc1nnc(-c2ccc(C(=O)NC3CCOC3)cc2)s1. The molecule has 116 valence electrons. The first kappa shape index (κ1) is 15.1. The van der Waals surface area contributed by atoms with Crippen molar-refractivity contribution in [2.75, 3.05) is 13.2 Å². The number of benzene rings is 1. The molecule has 0 spiro atoms. The van der Waals surface area contributed by atoms with Crippen molar-refractivity contribution in [3.63, 3.8) is 0 Å². The number of nitrogens with zero attached hydrogens (tertiary/aromatic N) is 2. The Morgan fingerprint density at radius 1 is 1.36 bits per heavy atom. The largest absolute Gasteiger partial charge is 0.379 e. The third-order valence-corrected chi connectivity index (χ3v) is 4.62. The van der Waals surface area contributed by atoms with Crippen LogP contribution in [0.4, 0.5) is 0 Å². The van der Waals surface area contributed by atoms with Crippen molar-refractivity contribution in [2.45, 2.75) is 32.2 Å². The van der Waals surface area contributed by atoms with Crippen molar-refractivity contribution in [2.24, 2.45) is 0 Å². The second-order valence-electron chi connectivity index (χ2n) is 5.36. The average Bonchev–Trinajstić information content (AvgIpc) is 3.20. The van der Waals surface area contributed by atoms with Crippen molar-refractivity contribution >= 4 is 17.2 Å². The molecule has 1 atom stereocenters. The van der Waals surface area contributed by atoms with Gasteiger partial charge in [0.25, 0.3) is 5.91 Å². The van der Waals surface area contributed by atoms with Crippen molar-refractivity contribution in [3.05, 3.63) is 34.8 Å². The van der Waals surface area contributed by atoms with E-state index in [0.717, 1.165) is 41.4 Å². The van der Waals surface area contributed by atoms with E-state index in [1.165, 1.54) is 0 Å². The van der Waals surface area contributed by atoms with Crippen LogP contribution in [0.2, 0.25) is 0 Å². The Bertz CT molecular complexity index is 633. The summed E-state index contributed by atoms with van der Waals surface area (Å²) in [6.07, 6.45) is 2.91. The minimum Gasteiger partial charge on any atom is -0.379 e. The third kappa shape index (κ3) is 3.51. The maximum atomic E-state index is 12.1. The number of carbonyl (C=O) groups is 1. The van der Waals surface area contributed by atoms with Crippen molar-refractivity contribution in [1.82, 2.24) is 15.5 Å². The first-order chi connectivity index (χ1) is 10.8. The molecule has 1 aliphatic rings. The van der Waals surface area contributed by atoms with Crippen molar-refractivity contribution < 1.29 is 9.53 Å². The minimum atomic E-state index is -0.0500. The fourth-order valence-corrected chi connectivity index (χ4v) is 3.31. The van der Waals surface area contributed by atoms with Crippen LogP contribution in [0, 0.1) is 0 Å². The lowest BCUT2D eigenvalue weighted by molar-refractivity contribution is 0.0930. The van der Waals surface area contributed by atoms with Gasteiger partial charge in [0, 0.05) is 24.2 Å². The van der Waals surface area contributed by atoms with E-state index >= 15 is 0 Å². The number of nitrogens with one attached hydrogen (secondary N) is 1. The molecule has 1 aromatic carbocycles. The summed E-state index contributed by atoms with van der Waals surface area (Å²) < 4.78 is 5.26. The third-order valence-electron chi connectivity index (χ3n) is 3.59. The molecule has 1 aromatic heterocycles. The molecule has 2 aromatic rings. The van der Waals surface area contributed by atoms with Crippen LogP contribution in [0.15, 0.2) is 24.3 Å². The maximum Gasteiger partial charge on any atom is 0.251 e. The molecule has 0 saturated carbocycles. The van der Waals surface area contributed by atoms with E-state index in [-0.39, 0.29) is 11.9 Å². The van der Waals surface area contributed by atoms with Crippen LogP contribution in [-0.2, 0) is 11.2 Å². The van der Waals surface area contributed by atoms with Gasteiger partial charge in [0.1, 0.15) is 10.0 Å². The summed E-state index contributed by atoms with van der Waals surface area (Å²) in [5.74, 6) is -0.0500. The van der Waals surface area contributed by atoms with Crippen LogP contribution >= 0.6 is 11.3 Å². The summed E-state index contributed by atoms with van der Waals surface area (Å²) in [6, 6.07) is 7.65. The highest BCUT2D eigenvalue weighted by Gasteiger charge is 2.18. The Morgan fingerprint density at radius 2 is 2.18 bits per heavy atom. The standard InChI is InChI=1S/C16H19N3O2S/c1-2-3-14-18-19-16(22-14)12-6-4-11(5-7-12)15(20)17-13-8-9-21-10-13/h4-7,13H,2-3,8-10H2,1H3,(H,17,20). The second-order valence-corrected chi connectivity index (χ2v) is 6.42. The molecule has 1 N–H and O–H groups in total. The van der Waals surface area contributed by atoms with Crippen molar-refractivity contribution in [1.29, 1.82) is 0 Å². The van der Waals surface area contributed by atoms with Gasteiger partial charge in [-0.3, -0.25) is 4.79 Å². The topological polar surface area (TPSA) is 64.1 Å². The van der Waals surface area contributed by atoms with E-state index in [1.54, 1.807) is 11.3 Å². The lowest BCUT2D eigenvalue weighted by atomic mass is 10.1. The molecule has 1 fully saturated rings. The molecule has 1 aliphatic heterocycles. The fourth-order valence-electron chi connectivity index (χ4n) is 2.37. The van der Waals surface area contributed by atoms with E-state index in [1.807, 2.05) is 24.3 Å². The molecule has 2 heterocycles. The smallest absolute Gasteiger partial charge is 0.251 e. The van der Waals surface area contributed by atoms with Gasteiger partial charge < -0.3 is 10.1 Å². The zero-order valence-corrected chi connectivity index (χ0v) is 13.4. The molecule has 1 amide bonds. The van der Waals surface area contributed by atoms with Gasteiger partial charge in [0.2, 0.25) is 0 Å². The summed E-state index contributed by atoms with van der Waals surface area (Å²) in [4.78, 5) is 12.1. The first-order valence-corrected chi connectivity index (χ1v) is 8.39. The minimum absolute atomic E-state index is 0.0500. The lowest BCUT2D eigenvalue weighted by Crippen LogP contribution is -2.34. The maximum absolute atomic E-state index is 12.1. The molecular weight excluding hydrogens is 298 g/mol. The summed E-state index contributed by atoms with van der Waals surface area (Å²) in [5, 5.41) is 13.3. The molecule has 0 bridgehead atoms. The highest BCUT2D eigenvalue weighted by atomic mass is 32.1. The molecule has 6 heteroatoms. The number of rotatable bonds is 5. The molecular formula is C16H19N3O2S. The molecule has 0 aliphatic carbocycles. The number of aryl methyl sites for hydroxylation is 1. The number of hydrogen-bond acceptors (Lipinski definition) is 5. The van der Waals surface area contributed by atoms with Gasteiger partial charge in [-0.15, -0.1) is 10.2 Å². The van der Waals surface area contributed by atoms with Gasteiger partial charge in [-0.05, 0) is 25.0 Å². The Balaban J connectivity index is 1.67. The highest BCUT2D eigenvalue weighted by molar-refractivity contribution is 7.14. The quantitative estimate of drug-likeness (QED) is 0.921. The number of ether oxygens (including phenoxy) is 1. The van der Waals surface area contributed by atoms with E-state index in [4.69, 9.17) is 4.74 Å². The number of hydrogen-bond donors (Lipinski definition) is 1. The zero-order chi connectivity index (χ0) is 15.4. The lowest BCUT2D eigenvalue weighted by Gasteiger charge is -2.10. The van der Waals surface area contributed by atoms with Gasteiger partial charge in [-0.2, -0.15) is 0 Å².